The lowest BCUT2D eigenvalue weighted by Gasteiger charge is -2.45. The van der Waals surface area contributed by atoms with Crippen LogP contribution in [0.25, 0.3) is 11.0 Å². The summed E-state index contributed by atoms with van der Waals surface area (Å²) >= 11 is 0. The van der Waals surface area contributed by atoms with Crippen LogP contribution < -0.4 is 26.0 Å². The second kappa shape index (κ2) is 14.5. The van der Waals surface area contributed by atoms with Gasteiger partial charge in [-0.05, 0) is 62.9 Å². The number of nitrogens with zero attached hydrogens (tertiary/aromatic N) is 8. The first-order chi connectivity index (χ1) is 27.5. The predicted molar refractivity (Wildman–Crippen MR) is 211 cm³/mol. The zero-order chi connectivity index (χ0) is 39.5. The number of Topliss-reactive ketones (excluding diaryl/α,β-unsaturated/α-hetero) is 1. The summed E-state index contributed by atoms with van der Waals surface area (Å²) in [5, 5.41) is 6.15. The molecule has 16 nitrogen and oxygen atoms in total. The lowest BCUT2D eigenvalue weighted by atomic mass is 9.95. The van der Waals surface area contributed by atoms with Crippen LogP contribution in [0, 0.1) is 12.8 Å². The molecule has 1 atom stereocenters. The Balaban J connectivity index is 0.798. The Morgan fingerprint density at radius 1 is 0.895 bits per heavy atom. The number of hydrogen-bond donors (Lipinski definition) is 2. The lowest BCUT2D eigenvalue weighted by molar-refractivity contribution is -0.136. The first-order valence-corrected chi connectivity index (χ1v) is 19.8. The van der Waals surface area contributed by atoms with Gasteiger partial charge in [0.05, 0.1) is 34.3 Å². The van der Waals surface area contributed by atoms with E-state index in [1.807, 2.05) is 24.4 Å². The SMILES string of the molecule is CC(=O)c1c(C)c2cnc(Nc3ccc(N4CCN(CC5CN(c6cccc7c6C(=O)N(C6CCC(=O)NC6=O)C7=O)C5)CC4)cn3)nc2n(C2CCCC2)c1=O. The van der Waals surface area contributed by atoms with E-state index in [1.54, 1.807) is 29.8 Å². The Bertz CT molecular complexity index is 2390. The van der Waals surface area contributed by atoms with Gasteiger partial charge in [-0.1, -0.05) is 18.9 Å². The number of ketones is 1. The summed E-state index contributed by atoms with van der Waals surface area (Å²) in [5.41, 5.74) is 3.42. The van der Waals surface area contributed by atoms with Crippen molar-refractivity contribution in [2.45, 2.75) is 64.5 Å². The van der Waals surface area contributed by atoms with E-state index >= 15 is 0 Å². The molecule has 1 saturated carbocycles. The molecule has 3 saturated heterocycles. The molecule has 1 unspecified atom stereocenters. The Morgan fingerprint density at radius 3 is 2.37 bits per heavy atom. The number of piperidine rings is 1. The van der Waals surface area contributed by atoms with Crippen LogP contribution in [0.2, 0.25) is 0 Å². The summed E-state index contributed by atoms with van der Waals surface area (Å²) in [6.45, 7) is 9.13. The standard InChI is InChI=1S/C41H44N10O6/c1-23-29-19-43-41(46-36(29)50(26-6-3-4-7-26)39(56)34(23)24(2)52)44-32-12-10-27(18-42-32)48-16-14-47(15-17-48)20-25-21-49(22-25)30-9-5-8-28-35(30)40(57)51(38(28)55)31-11-13-33(53)45-37(31)54/h5,8-10,12,18-19,25-26,31H,3-4,6-7,11,13-17,20-22H2,1-2H3,(H,45,53,54)(H,42,43,44,46). The normalized spacial score (nSPS) is 20.7. The van der Waals surface area contributed by atoms with Crippen molar-refractivity contribution in [3.63, 3.8) is 0 Å². The first kappa shape index (κ1) is 36.6. The molecule has 7 heterocycles. The zero-order valence-corrected chi connectivity index (χ0v) is 32.0. The molecule has 5 aliphatic rings. The third-order valence-electron chi connectivity index (χ3n) is 12.2. The maximum atomic E-state index is 13.6. The quantitative estimate of drug-likeness (QED) is 0.187. The molecule has 3 aromatic heterocycles. The number of fused-ring (bicyclic) bond motifs is 2. The van der Waals surface area contributed by atoms with Crippen LogP contribution >= 0.6 is 0 Å². The fourth-order valence-electron chi connectivity index (χ4n) is 9.27. The summed E-state index contributed by atoms with van der Waals surface area (Å²) in [4.78, 5) is 98.9. The number of nitrogens with one attached hydrogen (secondary N) is 2. The topological polar surface area (TPSA) is 183 Å². The highest BCUT2D eigenvalue weighted by atomic mass is 16.2. The highest BCUT2D eigenvalue weighted by molar-refractivity contribution is 6.25. The Labute approximate surface area is 328 Å². The minimum Gasteiger partial charge on any atom is -0.370 e. The molecule has 4 aliphatic heterocycles. The summed E-state index contributed by atoms with van der Waals surface area (Å²) in [7, 11) is 0. The number of aromatic nitrogens is 4. The monoisotopic (exact) mass is 772 g/mol. The number of hydrogen-bond acceptors (Lipinski definition) is 13. The minimum atomic E-state index is -0.987. The molecule has 16 heteroatoms. The maximum absolute atomic E-state index is 13.6. The van der Waals surface area contributed by atoms with E-state index in [4.69, 9.17) is 4.98 Å². The third kappa shape index (κ3) is 6.50. The molecule has 4 fully saturated rings. The molecule has 0 bridgehead atoms. The molecule has 57 heavy (non-hydrogen) atoms. The van der Waals surface area contributed by atoms with E-state index in [0.29, 0.717) is 51.1 Å². The molecular formula is C41H44N10O6. The van der Waals surface area contributed by atoms with Crippen LogP contribution in [-0.2, 0) is 9.59 Å². The molecule has 0 radical (unpaired) electrons. The Kier molecular flexibility index (Phi) is 9.30. The van der Waals surface area contributed by atoms with Gasteiger partial charge in [-0.3, -0.25) is 48.5 Å². The third-order valence-corrected chi connectivity index (χ3v) is 12.2. The number of imide groups is 2. The summed E-state index contributed by atoms with van der Waals surface area (Å²) in [5.74, 6) is -0.913. The molecule has 2 N–H and O–H groups in total. The van der Waals surface area contributed by atoms with E-state index in [9.17, 15) is 28.8 Å². The van der Waals surface area contributed by atoms with Crippen molar-refractivity contribution in [2.75, 3.05) is 60.9 Å². The van der Waals surface area contributed by atoms with Crippen LogP contribution in [0.3, 0.4) is 0 Å². The van der Waals surface area contributed by atoms with E-state index in [1.165, 1.54) is 6.92 Å². The molecular weight excluding hydrogens is 729 g/mol. The highest BCUT2D eigenvalue weighted by Crippen LogP contribution is 2.37. The van der Waals surface area contributed by atoms with Gasteiger partial charge in [-0.25, -0.2) is 9.97 Å². The number of amides is 4. The number of carbonyl (C=O) groups is 5. The van der Waals surface area contributed by atoms with Gasteiger partial charge in [0.15, 0.2) is 5.78 Å². The van der Waals surface area contributed by atoms with Crippen LogP contribution in [0.5, 0.6) is 0 Å². The Morgan fingerprint density at radius 2 is 1.67 bits per heavy atom. The second-order valence-electron chi connectivity index (χ2n) is 15.8. The van der Waals surface area contributed by atoms with Gasteiger partial charge in [0.25, 0.3) is 17.4 Å². The largest absolute Gasteiger partial charge is 0.370 e. The van der Waals surface area contributed by atoms with Gasteiger partial charge >= 0.3 is 0 Å². The number of aryl methyl sites for hydroxylation is 1. The average Bonchev–Trinajstić information content (AvgIpc) is 3.80. The average molecular weight is 773 g/mol. The van der Waals surface area contributed by atoms with Crippen molar-refractivity contribution in [1.82, 2.24) is 34.6 Å². The second-order valence-corrected chi connectivity index (χ2v) is 15.8. The van der Waals surface area contributed by atoms with Crippen molar-refractivity contribution in [1.29, 1.82) is 0 Å². The Hall–Kier alpha value is -6.03. The number of benzene rings is 1. The zero-order valence-electron chi connectivity index (χ0n) is 32.0. The molecule has 4 aromatic rings. The van der Waals surface area contributed by atoms with Crippen molar-refractivity contribution in [3.05, 3.63) is 75.3 Å². The van der Waals surface area contributed by atoms with Crippen LogP contribution in [0.15, 0.2) is 47.5 Å². The van der Waals surface area contributed by atoms with Gasteiger partial charge in [0.1, 0.15) is 17.5 Å². The number of pyridine rings is 2. The van der Waals surface area contributed by atoms with Gasteiger partial charge in [0.2, 0.25) is 17.8 Å². The van der Waals surface area contributed by atoms with Gasteiger partial charge in [0, 0.05) is 75.8 Å². The summed E-state index contributed by atoms with van der Waals surface area (Å²) in [6, 6.07) is 8.20. The number of rotatable bonds is 9. The molecule has 1 aromatic carbocycles. The van der Waals surface area contributed by atoms with Crippen LogP contribution in [0.4, 0.5) is 23.1 Å². The fraction of sp³-hybridized carbons (Fsp3) is 0.439. The number of piperazine rings is 1. The van der Waals surface area contributed by atoms with E-state index < -0.39 is 29.7 Å². The molecule has 4 amide bonds. The lowest BCUT2D eigenvalue weighted by Crippen LogP contribution is -2.55. The summed E-state index contributed by atoms with van der Waals surface area (Å²) in [6.07, 6.45) is 7.54. The van der Waals surface area contributed by atoms with Crippen molar-refractivity contribution in [2.24, 2.45) is 5.92 Å². The number of carbonyl (C=O) groups excluding carboxylic acids is 5. The van der Waals surface area contributed by atoms with Crippen LogP contribution in [-0.4, -0.2) is 111 Å². The van der Waals surface area contributed by atoms with Crippen LogP contribution in [0.1, 0.15) is 88.1 Å². The van der Waals surface area contributed by atoms with Crippen molar-refractivity contribution in [3.8, 4) is 0 Å². The van der Waals surface area contributed by atoms with E-state index in [0.717, 1.165) is 82.1 Å². The maximum Gasteiger partial charge on any atom is 0.264 e. The minimum absolute atomic E-state index is 0.000443. The summed E-state index contributed by atoms with van der Waals surface area (Å²) < 4.78 is 1.70. The smallest absolute Gasteiger partial charge is 0.264 e. The fourth-order valence-corrected chi connectivity index (χ4v) is 9.27. The first-order valence-electron chi connectivity index (χ1n) is 19.8. The van der Waals surface area contributed by atoms with Gasteiger partial charge < -0.3 is 15.1 Å². The van der Waals surface area contributed by atoms with E-state index in [2.05, 4.69) is 35.3 Å². The molecule has 9 rings (SSSR count). The molecule has 0 spiro atoms. The number of anilines is 4. The van der Waals surface area contributed by atoms with E-state index in [-0.39, 0.29) is 35.8 Å². The van der Waals surface area contributed by atoms with Gasteiger partial charge in [-0.15, -0.1) is 0 Å². The highest BCUT2D eigenvalue weighted by Gasteiger charge is 2.47. The predicted octanol–water partition coefficient (Wildman–Crippen LogP) is 3.22. The molecule has 1 aliphatic carbocycles. The molecule has 294 valence electrons. The van der Waals surface area contributed by atoms with Crippen molar-refractivity contribution < 1.29 is 24.0 Å². The van der Waals surface area contributed by atoms with Crippen molar-refractivity contribution >= 4 is 63.6 Å². The van der Waals surface area contributed by atoms with Gasteiger partial charge in [-0.2, -0.15) is 4.98 Å².